The minimum Gasteiger partial charge on any atom is -0.370 e. The van der Waals surface area contributed by atoms with E-state index in [-0.39, 0.29) is 0 Å². The van der Waals surface area contributed by atoms with Crippen molar-refractivity contribution in [1.82, 2.24) is 14.9 Å². The molecular weight excluding hydrogens is 236 g/mol. The third-order valence-corrected chi connectivity index (χ3v) is 2.89. The second-order valence-corrected chi connectivity index (χ2v) is 4.70. The summed E-state index contributed by atoms with van der Waals surface area (Å²) in [6.07, 6.45) is 1.88. The predicted molar refractivity (Wildman–Crippen MR) is 72.8 cm³/mol. The van der Waals surface area contributed by atoms with E-state index < -0.39 is 0 Å². The molecule has 0 amide bonds. The maximum atomic E-state index is 6.06. The first-order valence-electron chi connectivity index (χ1n) is 5.96. The highest BCUT2D eigenvalue weighted by Crippen LogP contribution is 2.19. The lowest BCUT2D eigenvalue weighted by atomic mass is 10.3. The normalized spacial score (nSPS) is 10.9. The molecule has 5 heteroatoms. The Labute approximate surface area is 108 Å². The van der Waals surface area contributed by atoms with Gasteiger partial charge in [-0.15, -0.1) is 0 Å². The molecule has 1 aromatic heterocycles. The van der Waals surface area contributed by atoms with Crippen molar-refractivity contribution in [3.05, 3.63) is 16.5 Å². The Bertz CT molecular complexity index is 366. The third kappa shape index (κ3) is 4.48. The van der Waals surface area contributed by atoms with E-state index in [4.69, 9.17) is 11.6 Å². The first kappa shape index (κ1) is 14.2. The number of hydrogen-bond donors (Lipinski definition) is 1. The first-order chi connectivity index (χ1) is 8.04. The monoisotopic (exact) mass is 256 g/mol. The van der Waals surface area contributed by atoms with E-state index in [1.54, 1.807) is 0 Å². The van der Waals surface area contributed by atoms with Crippen LogP contribution in [0.4, 0.5) is 5.82 Å². The number of anilines is 1. The van der Waals surface area contributed by atoms with Gasteiger partial charge < -0.3 is 10.2 Å². The van der Waals surface area contributed by atoms with E-state index in [1.807, 2.05) is 13.8 Å². The average molecular weight is 257 g/mol. The first-order valence-corrected chi connectivity index (χ1v) is 6.34. The van der Waals surface area contributed by atoms with Crippen LogP contribution in [-0.4, -0.2) is 42.1 Å². The summed E-state index contributed by atoms with van der Waals surface area (Å²) in [6, 6.07) is 0. The van der Waals surface area contributed by atoms with Crippen LogP contribution in [0.1, 0.15) is 24.7 Å². The van der Waals surface area contributed by atoms with Crippen LogP contribution in [-0.2, 0) is 6.42 Å². The van der Waals surface area contributed by atoms with E-state index >= 15 is 0 Å². The molecule has 0 aromatic carbocycles. The summed E-state index contributed by atoms with van der Waals surface area (Å²) in [7, 11) is 4.14. The molecule has 17 heavy (non-hydrogen) atoms. The van der Waals surface area contributed by atoms with E-state index in [2.05, 4.69) is 34.3 Å². The molecule has 1 heterocycles. The van der Waals surface area contributed by atoms with Crippen molar-refractivity contribution in [2.75, 3.05) is 32.5 Å². The quantitative estimate of drug-likeness (QED) is 0.627. The van der Waals surface area contributed by atoms with Crippen LogP contribution < -0.4 is 5.32 Å². The highest BCUT2D eigenvalue weighted by atomic mass is 35.5. The fraction of sp³-hybridized carbons (Fsp3) is 0.667. The molecule has 0 radical (unpaired) electrons. The fourth-order valence-corrected chi connectivity index (χ4v) is 1.65. The van der Waals surface area contributed by atoms with Crippen molar-refractivity contribution < 1.29 is 0 Å². The number of aryl methyl sites for hydroxylation is 1. The van der Waals surface area contributed by atoms with Crippen molar-refractivity contribution in [3.8, 4) is 0 Å². The second kappa shape index (κ2) is 6.77. The molecule has 96 valence electrons. The van der Waals surface area contributed by atoms with Gasteiger partial charge >= 0.3 is 0 Å². The lowest BCUT2D eigenvalue weighted by Gasteiger charge is -2.12. The van der Waals surface area contributed by atoms with Gasteiger partial charge in [-0.05, 0) is 34.0 Å². The Morgan fingerprint density at radius 2 is 2.00 bits per heavy atom. The zero-order chi connectivity index (χ0) is 12.8. The van der Waals surface area contributed by atoms with Gasteiger partial charge in [0.15, 0.2) is 0 Å². The van der Waals surface area contributed by atoms with Crippen LogP contribution in [0.5, 0.6) is 0 Å². The molecular formula is C12H21ClN4. The van der Waals surface area contributed by atoms with Gasteiger partial charge in [-0.25, -0.2) is 9.97 Å². The Balaban J connectivity index is 2.60. The summed E-state index contributed by atoms with van der Waals surface area (Å²) in [5.74, 6) is 1.65. The SMILES string of the molecule is CCc1nc(Cl)c(C)c(NCCCN(C)C)n1. The molecule has 1 N–H and O–H groups in total. The summed E-state index contributed by atoms with van der Waals surface area (Å²) in [6.45, 7) is 5.92. The van der Waals surface area contributed by atoms with Gasteiger partial charge in [-0.1, -0.05) is 18.5 Å². The number of halogens is 1. The number of rotatable bonds is 6. The number of hydrogen-bond acceptors (Lipinski definition) is 4. The summed E-state index contributed by atoms with van der Waals surface area (Å²) < 4.78 is 0. The highest BCUT2D eigenvalue weighted by molar-refractivity contribution is 6.30. The van der Waals surface area contributed by atoms with Crippen LogP contribution in [0.3, 0.4) is 0 Å². The molecule has 0 unspecified atom stereocenters. The summed E-state index contributed by atoms with van der Waals surface area (Å²) in [5.41, 5.74) is 0.925. The lowest BCUT2D eigenvalue weighted by Crippen LogP contribution is -2.17. The van der Waals surface area contributed by atoms with Crippen LogP contribution in [0.15, 0.2) is 0 Å². The largest absolute Gasteiger partial charge is 0.370 e. The summed E-state index contributed by atoms with van der Waals surface area (Å²) >= 11 is 6.06. The minimum absolute atomic E-state index is 0.548. The van der Waals surface area contributed by atoms with Crippen LogP contribution in [0.2, 0.25) is 5.15 Å². The summed E-state index contributed by atoms with van der Waals surface area (Å²) in [4.78, 5) is 10.8. The van der Waals surface area contributed by atoms with Gasteiger partial charge in [0.2, 0.25) is 0 Å². The minimum atomic E-state index is 0.548. The fourth-order valence-electron chi connectivity index (χ4n) is 1.47. The Morgan fingerprint density at radius 3 is 2.59 bits per heavy atom. The maximum Gasteiger partial charge on any atom is 0.137 e. The van der Waals surface area contributed by atoms with E-state index in [0.29, 0.717) is 5.15 Å². The number of aromatic nitrogens is 2. The predicted octanol–water partition coefficient (Wildman–Crippen LogP) is 2.36. The zero-order valence-electron chi connectivity index (χ0n) is 11.0. The Hall–Kier alpha value is -0.870. The van der Waals surface area contributed by atoms with Gasteiger partial charge in [0.05, 0.1) is 0 Å². The van der Waals surface area contributed by atoms with Crippen molar-refractivity contribution in [2.45, 2.75) is 26.7 Å². The molecule has 0 saturated carbocycles. The van der Waals surface area contributed by atoms with Gasteiger partial charge in [0, 0.05) is 18.5 Å². The molecule has 0 atom stereocenters. The summed E-state index contributed by atoms with van der Waals surface area (Å²) in [5, 5.41) is 3.87. The van der Waals surface area contributed by atoms with E-state index in [9.17, 15) is 0 Å². The number of nitrogens with zero attached hydrogens (tertiary/aromatic N) is 3. The molecule has 0 aliphatic heterocycles. The second-order valence-electron chi connectivity index (χ2n) is 4.34. The molecule has 0 saturated heterocycles. The Morgan fingerprint density at radius 1 is 1.29 bits per heavy atom. The molecule has 1 rings (SSSR count). The third-order valence-electron chi connectivity index (χ3n) is 2.52. The molecule has 1 aromatic rings. The highest BCUT2D eigenvalue weighted by Gasteiger charge is 2.07. The van der Waals surface area contributed by atoms with E-state index in [0.717, 1.165) is 43.1 Å². The molecule has 4 nitrogen and oxygen atoms in total. The van der Waals surface area contributed by atoms with Gasteiger partial charge in [-0.3, -0.25) is 0 Å². The zero-order valence-corrected chi connectivity index (χ0v) is 11.8. The topological polar surface area (TPSA) is 41.1 Å². The molecule has 0 aliphatic rings. The van der Waals surface area contributed by atoms with Crippen LogP contribution in [0, 0.1) is 6.92 Å². The molecule has 0 aliphatic carbocycles. The van der Waals surface area contributed by atoms with Crippen molar-refractivity contribution in [3.63, 3.8) is 0 Å². The molecule has 0 spiro atoms. The van der Waals surface area contributed by atoms with Crippen LogP contribution in [0.25, 0.3) is 0 Å². The average Bonchev–Trinajstić information content (AvgIpc) is 2.29. The van der Waals surface area contributed by atoms with Gasteiger partial charge in [0.1, 0.15) is 16.8 Å². The van der Waals surface area contributed by atoms with E-state index in [1.165, 1.54) is 0 Å². The lowest BCUT2D eigenvalue weighted by molar-refractivity contribution is 0.405. The van der Waals surface area contributed by atoms with Crippen LogP contribution >= 0.6 is 11.6 Å². The molecule has 0 fully saturated rings. The maximum absolute atomic E-state index is 6.06. The molecule has 0 bridgehead atoms. The van der Waals surface area contributed by atoms with Crippen molar-refractivity contribution >= 4 is 17.4 Å². The smallest absolute Gasteiger partial charge is 0.137 e. The van der Waals surface area contributed by atoms with Crippen molar-refractivity contribution in [2.24, 2.45) is 0 Å². The number of nitrogens with one attached hydrogen (secondary N) is 1. The van der Waals surface area contributed by atoms with Gasteiger partial charge in [-0.2, -0.15) is 0 Å². The Kier molecular flexibility index (Phi) is 5.65. The standard InChI is InChI=1S/C12H21ClN4/c1-5-10-15-11(13)9(2)12(16-10)14-7-6-8-17(3)4/h5-8H2,1-4H3,(H,14,15,16). The van der Waals surface area contributed by atoms with Crippen molar-refractivity contribution in [1.29, 1.82) is 0 Å². The van der Waals surface area contributed by atoms with Gasteiger partial charge in [0.25, 0.3) is 0 Å².